The molecule has 2 aliphatic rings. The summed E-state index contributed by atoms with van der Waals surface area (Å²) in [5.41, 5.74) is -0.286. The van der Waals surface area contributed by atoms with Crippen LogP contribution in [0.15, 0.2) is 24.3 Å². The molecule has 0 aromatic heterocycles. The highest BCUT2D eigenvalue weighted by Gasteiger charge is 2.58. The molecule has 0 N–H and O–H groups in total. The molecule has 9 nitrogen and oxygen atoms in total. The molecule has 2 fully saturated rings. The molecule has 0 radical (unpaired) electrons. The Hall–Kier alpha value is -3.10. The van der Waals surface area contributed by atoms with Gasteiger partial charge in [-0.05, 0) is 12.1 Å². The van der Waals surface area contributed by atoms with Gasteiger partial charge < -0.3 is 9.64 Å². The number of ether oxygens (including phenoxy) is 1. The molecule has 2 heterocycles. The van der Waals surface area contributed by atoms with Gasteiger partial charge in [0.05, 0.1) is 16.5 Å². The Labute approximate surface area is 135 Å². The highest BCUT2D eigenvalue weighted by atomic mass is 16.6. The number of carbonyl (C=O) groups excluding carboxylic acids is 4. The van der Waals surface area contributed by atoms with E-state index >= 15 is 0 Å². The minimum Gasteiger partial charge on any atom is -0.388 e. The number of β-lactam (4-membered cyclic amide) rings is 1. The Kier molecular flexibility index (Phi) is 3.63. The van der Waals surface area contributed by atoms with Gasteiger partial charge in [-0.2, -0.15) is 0 Å². The van der Waals surface area contributed by atoms with Gasteiger partial charge in [-0.1, -0.05) is 6.92 Å². The van der Waals surface area contributed by atoms with Gasteiger partial charge in [-0.25, -0.2) is 9.59 Å². The van der Waals surface area contributed by atoms with Crippen molar-refractivity contribution in [1.29, 1.82) is 0 Å². The fraction of sp³-hybridized carbons (Fsp3) is 0.333. The molecule has 3 atom stereocenters. The van der Waals surface area contributed by atoms with Crippen molar-refractivity contribution in [3.8, 4) is 0 Å². The van der Waals surface area contributed by atoms with Crippen molar-refractivity contribution in [2.75, 3.05) is 0 Å². The van der Waals surface area contributed by atoms with Gasteiger partial charge >= 0.3 is 11.9 Å². The van der Waals surface area contributed by atoms with Crippen molar-refractivity contribution in [3.05, 3.63) is 39.9 Å². The Balaban J connectivity index is 1.72. The van der Waals surface area contributed by atoms with E-state index < -0.39 is 34.6 Å². The van der Waals surface area contributed by atoms with E-state index in [0.717, 1.165) is 29.2 Å². The molecule has 24 heavy (non-hydrogen) atoms. The van der Waals surface area contributed by atoms with Crippen molar-refractivity contribution >= 4 is 29.3 Å². The highest BCUT2D eigenvalue weighted by Crippen LogP contribution is 2.37. The Bertz CT molecular complexity index is 771. The Morgan fingerprint density at radius 1 is 1.25 bits per heavy atom. The van der Waals surface area contributed by atoms with Crippen LogP contribution in [0.4, 0.5) is 5.69 Å². The van der Waals surface area contributed by atoms with Crippen LogP contribution in [0.25, 0.3) is 0 Å². The zero-order chi connectivity index (χ0) is 17.6. The van der Waals surface area contributed by atoms with Crippen LogP contribution in [-0.4, -0.2) is 45.5 Å². The van der Waals surface area contributed by atoms with Crippen LogP contribution in [0.5, 0.6) is 0 Å². The third kappa shape index (κ3) is 2.34. The normalized spacial score (nSPS) is 25.0. The molecule has 0 bridgehead atoms. The van der Waals surface area contributed by atoms with E-state index in [2.05, 4.69) is 4.74 Å². The van der Waals surface area contributed by atoms with E-state index in [-0.39, 0.29) is 29.6 Å². The van der Waals surface area contributed by atoms with E-state index in [4.69, 9.17) is 0 Å². The molecule has 2 aliphatic heterocycles. The quantitative estimate of drug-likeness (QED) is 0.259. The number of fused-ring (bicyclic) bond motifs is 1. The number of nitro benzene ring substituents is 1. The van der Waals surface area contributed by atoms with Crippen LogP contribution >= 0.6 is 0 Å². The molecule has 3 rings (SSSR count). The van der Waals surface area contributed by atoms with Crippen LogP contribution in [-0.2, 0) is 19.1 Å². The van der Waals surface area contributed by atoms with Crippen LogP contribution in [0, 0.1) is 16.0 Å². The van der Waals surface area contributed by atoms with E-state index in [1.165, 1.54) is 0 Å². The van der Waals surface area contributed by atoms with Crippen molar-refractivity contribution < 1.29 is 28.8 Å². The number of amides is 1. The maximum absolute atomic E-state index is 12.1. The Morgan fingerprint density at radius 3 is 2.42 bits per heavy atom. The topological polar surface area (TPSA) is 124 Å². The SMILES string of the molecule is C[C@H]1C(=O)C(C(=O)OC(=O)c2ccc([N+](=O)[O-])cc2)N2C(=O)C[C@@H]12. The molecule has 1 aromatic rings. The monoisotopic (exact) mass is 332 g/mol. The number of nitrogens with zero attached hydrogens (tertiary/aromatic N) is 2. The third-order valence-electron chi connectivity index (χ3n) is 4.33. The maximum atomic E-state index is 12.1. The number of carbonyl (C=O) groups is 4. The largest absolute Gasteiger partial charge is 0.388 e. The summed E-state index contributed by atoms with van der Waals surface area (Å²) < 4.78 is 4.68. The van der Waals surface area contributed by atoms with Crippen molar-refractivity contribution in [3.63, 3.8) is 0 Å². The minimum atomic E-state index is -1.40. The van der Waals surface area contributed by atoms with Crippen molar-refractivity contribution in [1.82, 2.24) is 4.90 Å². The predicted molar refractivity (Wildman–Crippen MR) is 76.7 cm³/mol. The van der Waals surface area contributed by atoms with Gasteiger partial charge in [0.15, 0.2) is 11.8 Å². The predicted octanol–water partition coefficient (Wildman–Crippen LogP) is 0.467. The van der Waals surface area contributed by atoms with E-state index in [0.29, 0.717) is 0 Å². The fourth-order valence-corrected chi connectivity index (χ4v) is 2.94. The summed E-state index contributed by atoms with van der Waals surface area (Å²) in [6.45, 7) is 1.62. The van der Waals surface area contributed by atoms with E-state index in [9.17, 15) is 29.3 Å². The molecule has 124 valence electrons. The second kappa shape index (κ2) is 5.52. The zero-order valence-electron chi connectivity index (χ0n) is 12.5. The van der Waals surface area contributed by atoms with Gasteiger partial charge in [-0.3, -0.25) is 19.7 Å². The van der Waals surface area contributed by atoms with Crippen LogP contribution in [0.2, 0.25) is 0 Å². The van der Waals surface area contributed by atoms with Gasteiger partial charge in [-0.15, -0.1) is 0 Å². The minimum absolute atomic E-state index is 0.0704. The molecule has 2 saturated heterocycles. The number of non-ortho nitro benzene ring substituents is 1. The smallest absolute Gasteiger partial charge is 0.345 e. The van der Waals surface area contributed by atoms with Crippen molar-refractivity contribution in [2.24, 2.45) is 5.92 Å². The average Bonchev–Trinajstić information content (AvgIpc) is 2.75. The van der Waals surface area contributed by atoms with E-state index in [1.54, 1.807) is 6.92 Å². The van der Waals surface area contributed by atoms with E-state index in [1.807, 2.05) is 0 Å². The maximum Gasteiger partial charge on any atom is 0.345 e. The van der Waals surface area contributed by atoms with Gasteiger partial charge in [0.1, 0.15) is 0 Å². The average molecular weight is 332 g/mol. The summed E-state index contributed by atoms with van der Waals surface area (Å²) in [6.07, 6.45) is 0.201. The molecule has 9 heteroatoms. The number of hydrogen-bond acceptors (Lipinski definition) is 7. The number of rotatable bonds is 3. The highest BCUT2D eigenvalue weighted by molar-refractivity contribution is 6.14. The van der Waals surface area contributed by atoms with Crippen LogP contribution in [0.1, 0.15) is 23.7 Å². The summed E-state index contributed by atoms with van der Waals surface area (Å²) in [5.74, 6) is -3.40. The molecule has 0 spiro atoms. The Morgan fingerprint density at radius 2 is 1.88 bits per heavy atom. The lowest BCUT2D eigenvalue weighted by atomic mass is 9.94. The first-order valence-electron chi connectivity index (χ1n) is 7.16. The molecule has 1 aromatic carbocycles. The lowest BCUT2D eigenvalue weighted by Gasteiger charge is -2.37. The summed E-state index contributed by atoms with van der Waals surface area (Å²) in [4.78, 5) is 58.9. The first kappa shape index (κ1) is 15.8. The lowest BCUT2D eigenvalue weighted by Crippen LogP contribution is -2.56. The molecular weight excluding hydrogens is 320 g/mol. The van der Waals surface area contributed by atoms with Crippen LogP contribution in [0.3, 0.4) is 0 Å². The molecular formula is C15H12N2O7. The number of hydrogen-bond donors (Lipinski definition) is 0. The molecule has 0 aliphatic carbocycles. The molecule has 1 unspecified atom stereocenters. The van der Waals surface area contributed by atoms with Crippen molar-refractivity contribution in [2.45, 2.75) is 25.4 Å². The number of Topliss-reactive ketones (excluding diaryl/α,β-unsaturated/α-hetero) is 1. The lowest BCUT2D eigenvalue weighted by molar-refractivity contribution is -0.384. The number of nitro groups is 1. The standard InChI is InChI=1S/C15H12N2O7/c1-7-10-6-11(18)16(10)12(13(7)19)15(21)24-14(20)8-2-4-9(5-3-8)17(22)23/h2-5,7,10,12H,6H2,1H3/t7-,10+,12?/m1/s1. The number of benzene rings is 1. The molecule has 1 amide bonds. The number of esters is 2. The molecule has 0 saturated carbocycles. The first-order chi connectivity index (χ1) is 11.3. The second-order valence-corrected chi connectivity index (χ2v) is 5.68. The second-order valence-electron chi connectivity index (χ2n) is 5.68. The zero-order valence-corrected chi connectivity index (χ0v) is 12.5. The van der Waals surface area contributed by atoms with Gasteiger partial charge in [0, 0.05) is 24.5 Å². The fourth-order valence-electron chi connectivity index (χ4n) is 2.94. The summed E-state index contributed by atoms with van der Waals surface area (Å²) in [5, 5.41) is 10.6. The summed E-state index contributed by atoms with van der Waals surface area (Å²) in [7, 11) is 0. The van der Waals surface area contributed by atoms with Gasteiger partial charge in [0.25, 0.3) is 5.69 Å². The third-order valence-corrected chi connectivity index (χ3v) is 4.33. The summed E-state index contributed by atoms with van der Waals surface area (Å²) >= 11 is 0. The van der Waals surface area contributed by atoms with Gasteiger partial charge in [0.2, 0.25) is 5.91 Å². The van der Waals surface area contributed by atoms with Crippen LogP contribution < -0.4 is 0 Å². The first-order valence-corrected chi connectivity index (χ1v) is 7.16. The summed E-state index contributed by atoms with van der Waals surface area (Å²) in [6, 6.07) is 2.76. The number of ketones is 1.